The molecule has 0 unspecified atom stereocenters. The highest BCUT2D eigenvalue weighted by molar-refractivity contribution is 5.76. The van der Waals surface area contributed by atoms with Gasteiger partial charge in [-0.05, 0) is 70.6 Å². The molecule has 6 atom stereocenters. The number of hydrogen-bond donors (Lipinski definition) is 1. The fraction of sp³-hybridized carbons (Fsp3) is 0.880. The van der Waals surface area contributed by atoms with Crippen LogP contribution in [0.1, 0.15) is 65.2 Å². The summed E-state index contributed by atoms with van der Waals surface area (Å²) in [5.74, 6) is 0.145. The van der Waals surface area contributed by atoms with Gasteiger partial charge in [-0.15, -0.1) is 0 Å². The SMILES string of the molecule is C[C@H]1CCC=C2C[C@H]3OC(=O)[C@H](CN4CCC(N5CCCCC5)CC4)[C@H]3[C@H](O)[C@@]21C. The number of fused-ring (bicyclic) bond motifs is 2. The molecule has 0 radical (unpaired) electrons. The van der Waals surface area contributed by atoms with E-state index < -0.39 is 6.10 Å². The van der Waals surface area contributed by atoms with Crippen molar-refractivity contribution in [2.24, 2.45) is 23.2 Å². The van der Waals surface area contributed by atoms with E-state index in [-0.39, 0.29) is 29.3 Å². The van der Waals surface area contributed by atoms with Crippen molar-refractivity contribution in [2.75, 3.05) is 32.7 Å². The van der Waals surface area contributed by atoms with Crippen LogP contribution in [0.25, 0.3) is 0 Å². The maximum atomic E-state index is 12.9. The molecular formula is C25H40N2O3. The molecule has 5 heteroatoms. The Labute approximate surface area is 181 Å². The van der Waals surface area contributed by atoms with Crippen molar-refractivity contribution >= 4 is 5.97 Å². The average Bonchev–Trinajstić information content (AvgIpc) is 3.07. The fourth-order valence-corrected chi connectivity index (χ4v) is 7.30. The topological polar surface area (TPSA) is 53.0 Å². The second kappa shape index (κ2) is 8.22. The zero-order chi connectivity index (χ0) is 20.9. The number of aliphatic hydroxyl groups excluding tert-OH is 1. The van der Waals surface area contributed by atoms with E-state index in [4.69, 9.17) is 4.74 Å². The first-order valence-electron chi connectivity index (χ1n) is 12.5. The lowest BCUT2D eigenvalue weighted by atomic mass is 9.55. The monoisotopic (exact) mass is 416 g/mol. The van der Waals surface area contributed by atoms with Crippen LogP contribution in [0.5, 0.6) is 0 Å². The second-order valence-electron chi connectivity index (χ2n) is 10.9. The summed E-state index contributed by atoms with van der Waals surface area (Å²) in [6.45, 7) is 9.92. The first-order chi connectivity index (χ1) is 14.5. The summed E-state index contributed by atoms with van der Waals surface area (Å²) < 4.78 is 5.86. The number of esters is 1. The zero-order valence-corrected chi connectivity index (χ0v) is 18.9. The highest BCUT2D eigenvalue weighted by Crippen LogP contribution is 2.56. The Bertz CT molecular complexity index is 680. The van der Waals surface area contributed by atoms with E-state index in [0.29, 0.717) is 5.92 Å². The van der Waals surface area contributed by atoms with Crippen LogP contribution in [0, 0.1) is 23.2 Å². The van der Waals surface area contributed by atoms with Crippen LogP contribution in [-0.4, -0.2) is 71.8 Å². The Morgan fingerprint density at radius 2 is 1.87 bits per heavy atom. The molecule has 168 valence electrons. The van der Waals surface area contributed by atoms with Crippen LogP contribution in [-0.2, 0) is 9.53 Å². The standard InChI is InChI=1S/C25H40N2O3/c1-17-7-6-8-18-15-21-22(23(28)25(17,18)2)20(24(29)30-21)16-26-13-9-19(10-14-26)27-11-4-3-5-12-27/h8,17,19-23,28H,3-7,9-16H2,1-2H3/t17-,20+,21+,22+,23-,25+/m0/s1. The van der Waals surface area contributed by atoms with Gasteiger partial charge < -0.3 is 19.6 Å². The molecule has 5 aliphatic rings. The van der Waals surface area contributed by atoms with Crippen LogP contribution in [0.4, 0.5) is 0 Å². The van der Waals surface area contributed by atoms with Gasteiger partial charge in [-0.25, -0.2) is 0 Å². The molecule has 5 rings (SSSR count). The van der Waals surface area contributed by atoms with Gasteiger partial charge in [0.1, 0.15) is 6.10 Å². The Hall–Kier alpha value is -0.910. The Balaban J connectivity index is 1.25. The highest BCUT2D eigenvalue weighted by Gasteiger charge is 2.59. The number of allylic oxidation sites excluding steroid dienone is 1. The quantitative estimate of drug-likeness (QED) is 0.566. The molecule has 0 amide bonds. The normalized spacial score (nSPS) is 43.6. The van der Waals surface area contributed by atoms with Crippen molar-refractivity contribution in [3.05, 3.63) is 11.6 Å². The van der Waals surface area contributed by atoms with Gasteiger partial charge in [0.2, 0.25) is 0 Å². The lowest BCUT2D eigenvalue weighted by Crippen LogP contribution is -2.55. The number of carbonyl (C=O) groups is 1. The molecule has 1 N–H and O–H groups in total. The number of likely N-dealkylation sites (tertiary alicyclic amines) is 2. The molecule has 0 spiro atoms. The number of ether oxygens (including phenoxy) is 1. The summed E-state index contributed by atoms with van der Waals surface area (Å²) in [5, 5.41) is 11.5. The van der Waals surface area contributed by atoms with Crippen LogP contribution in [0.3, 0.4) is 0 Å². The van der Waals surface area contributed by atoms with Crippen molar-refractivity contribution in [1.82, 2.24) is 9.80 Å². The van der Waals surface area contributed by atoms with Crippen LogP contribution in [0.15, 0.2) is 11.6 Å². The highest BCUT2D eigenvalue weighted by atomic mass is 16.6. The lowest BCUT2D eigenvalue weighted by Gasteiger charge is -2.52. The number of aliphatic hydroxyl groups is 1. The number of piperidine rings is 2. The van der Waals surface area contributed by atoms with Crippen molar-refractivity contribution in [2.45, 2.75) is 83.5 Å². The third kappa shape index (κ3) is 3.45. The minimum atomic E-state index is -0.486. The molecular weight excluding hydrogens is 376 g/mol. The smallest absolute Gasteiger partial charge is 0.311 e. The molecule has 0 aromatic rings. The average molecular weight is 417 g/mol. The van der Waals surface area contributed by atoms with Crippen molar-refractivity contribution < 1.29 is 14.6 Å². The van der Waals surface area contributed by atoms with Crippen LogP contribution < -0.4 is 0 Å². The van der Waals surface area contributed by atoms with E-state index in [0.717, 1.165) is 44.9 Å². The van der Waals surface area contributed by atoms with Crippen molar-refractivity contribution in [3.8, 4) is 0 Å². The van der Waals surface area contributed by atoms with Gasteiger partial charge in [-0.2, -0.15) is 0 Å². The van der Waals surface area contributed by atoms with Gasteiger partial charge in [-0.1, -0.05) is 31.9 Å². The number of nitrogens with zero attached hydrogens (tertiary/aromatic N) is 2. The van der Waals surface area contributed by atoms with Gasteiger partial charge in [0.15, 0.2) is 0 Å². The van der Waals surface area contributed by atoms with Crippen molar-refractivity contribution in [1.29, 1.82) is 0 Å². The predicted molar refractivity (Wildman–Crippen MR) is 117 cm³/mol. The maximum absolute atomic E-state index is 12.9. The van der Waals surface area contributed by atoms with Crippen LogP contribution in [0.2, 0.25) is 0 Å². The lowest BCUT2D eigenvalue weighted by molar-refractivity contribution is -0.145. The molecule has 1 saturated carbocycles. The molecule has 3 aliphatic heterocycles. The summed E-state index contributed by atoms with van der Waals surface area (Å²) >= 11 is 0. The number of hydrogen-bond acceptors (Lipinski definition) is 5. The van der Waals surface area contributed by atoms with Gasteiger partial charge in [0, 0.05) is 30.3 Å². The van der Waals surface area contributed by atoms with Gasteiger partial charge in [0.05, 0.1) is 12.0 Å². The number of rotatable bonds is 3. The van der Waals surface area contributed by atoms with E-state index in [1.807, 2.05) is 0 Å². The van der Waals surface area contributed by atoms with E-state index >= 15 is 0 Å². The molecule has 3 saturated heterocycles. The Morgan fingerprint density at radius 3 is 2.60 bits per heavy atom. The predicted octanol–water partition coefficient (Wildman–Crippen LogP) is 3.22. The Kier molecular flexibility index (Phi) is 5.74. The molecule has 2 aliphatic carbocycles. The first-order valence-corrected chi connectivity index (χ1v) is 12.5. The summed E-state index contributed by atoms with van der Waals surface area (Å²) in [7, 11) is 0. The minimum absolute atomic E-state index is 0.0555. The van der Waals surface area contributed by atoms with Gasteiger partial charge in [-0.3, -0.25) is 4.79 Å². The molecule has 4 fully saturated rings. The largest absolute Gasteiger partial charge is 0.461 e. The van der Waals surface area contributed by atoms with E-state index in [9.17, 15) is 9.90 Å². The minimum Gasteiger partial charge on any atom is -0.461 e. The summed E-state index contributed by atoms with van der Waals surface area (Å²) in [5.41, 5.74) is 1.12. The summed E-state index contributed by atoms with van der Waals surface area (Å²) in [6, 6.07) is 0.722. The Morgan fingerprint density at radius 1 is 1.13 bits per heavy atom. The summed E-state index contributed by atoms with van der Waals surface area (Å²) in [6.07, 6.45) is 11.2. The summed E-state index contributed by atoms with van der Waals surface area (Å²) in [4.78, 5) is 18.0. The fourth-order valence-electron chi connectivity index (χ4n) is 7.30. The second-order valence-corrected chi connectivity index (χ2v) is 10.9. The van der Waals surface area contributed by atoms with E-state index in [1.165, 1.54) is 50.8 Å². The van der Waals surface area contributed by atoms with E-state index in [1.54, 1.807) is 0 Å². The molecule has 30 heavy (non-hydrogen) atoms. The number of carbonyl (C=O) groups excluding carboxylic acids is 1. The van der Waals surface area contributed by atoms with E-state index in [2.05, 4.69) is 29.7 Å². The van der Waals surface area contributed by atoms with Gasteiger partial charge in [0.25, 0.3) is 0 Å². The molecule has 5 nitrogen and oxygen atoms in total. The van der Waals surface area contributed by atoms with Gasteiger partial charge >= 0.3 is 5.97 Å². The van der Waals surface area contributed by atoms with Crippen LogP contribution >= 0.6 is 0 Å². The third-order valence-corrected chi connectivity index (χ3v) is 9.49. The zero-order valence-electron chi connectivity index (χ0n) is 18.9. The van der Waals surface area contributed by atoms with Crippen molar-refractivity contribution in [3.63, 3.8) is 0 Å². The first kappa shape index (κ1) is 21.0. The third-order valence-electron chi connectivity index (χ3n) is 9.49. The molecule has 0 bridgehead atoms. The molecule has 0 aromatic carbocycles. The molecule has 0 aromatic heterocycles. The maximum Gasteiger partial charge on any atom is 0.311 e. The molecule has 3 heterocycles.